The van der Waals surface area contributed by atoms with Gasteiger partial charge in [-0.2, -0.15) is 4.31 Å². The van der Waals surface area contributed by atoms with Gasteiger partial charge in [0.15, 0.2) is 0 Å². The van der Waals surface area contributed by atoms with Crippen LogP contribution in [0.1, 0.15) is 32.3 Å². The van der Waals surface area contributed by atoms with Crippen molar-refractivity contribution in [1.29, 1.82) is 0 Å². The van der Waals surface area contributed by atoms with Gasteiger partial charge in [0.25, 0.3) is 0 Å². The molecule has 1 aliphatic heterocycles. The molecule has 1 fully saturated rings. The second kappa shape index (κ2) is 5.13. The molecule has 0 bridgehead atoms. The molecule has 0 aromatic heterocycles. The lowest BCUT2D eigenvalue weighted by Crippen LogP contribution is -2.46. The van der Waals surface area contributed by atoms with Crippen LogP contribution in [-0.4, -0.2) is 25.3 Å². The maximum atomic E-state index is 12.8. The van der Waals surface area contributed by atoms with Crippen LogP contribution in [0.25, 0.3) is 0 Å². The van der Waals surface area contributed by atoms with Crippen molar-refractivity contribution in [3.05, 3.63) is 23.8 Å². The lowest BCUT2D eigenvalue weighted by atomic mass is 9.94. The molecule has 1 saturated heterocycles. The van der Waals surface area contributed by atoms with Crippen molar-refractivity contribution < 1.29 is 8.42 Å². The molecule has 5 heteroatoms. The Kier molecular flexibility index (Phi) is 3.87. The number of hydrogen-bond acceptors (Lipinski definition) is 3. The van der Waals surface area contributed by atoms with Crippen LogP contribution in [-0.2, 0) is 10.0 Å². The van der Waals surface area contributed by atoms with Crippen molar-refractivity contribution >= 4 is 15.7 Å². The summed E-state index contributed by atoms with van der Waals surface area (Å²) >= 11 is 0. The Morgan fingerprint density at radius 1 is 1.32 bits per heavy atom. The number of aryl methyl sites for hydroxylation is 1. The van der Waals surface area contributed by atoms with Gasteiger partial charge >= 0.3 is 0 Å². The molecule has 1 aromatic rings. The van der Waals surface area contributed by atoms with E-state index in [1.54, 1.807) is 22.5 Å². The number of piperidine rings is 1. The van der Waals surface area contributed by atoms with Crippen molar-refractivity contribution in [3.8, 4) is 0 Å². The maximum absolute atomic E-state index is 12.8. The number of rotatable bonds is 2. The predicted octanol–water partition coefficient (Wildman–Crippen LogP) is 2.39. The highest BCUT2D eigenvalue weighted by Gasteiger charge is 2.35. The molecule has 0 aliphatic carbocycles. The average molecular weight is 282 g/mol. The number of benzene rings is 1. The fourth-order valence-corrected chi connectivity index (χ4v) is 4.69. The summed E-state index contributed by atoms with van der Waals surface area (Å²) in [6.07, 6.45) is 2.01. The van der Waals surface area contributed by atoms with E-state index in [4.69, 9.17) is 5.73 Å². The van der Waals surface area contributed by atoms with E-state index in [0.717, 1.165) is 18.4 Å². The van der Waals surface area contributed by atoms with E-state index < -0.39 is 10.0 Å². The summed E-state index contributed by atoms with van der Waals surface area (Å²) < 4.78 is 27.2. The van der Waals surface area contributed by atoms with E-state index in [-0.39, 0.29) is 6.04 Å². The van der Waals surface area contributed by atoms with Crippen LogP contribution in [0.15, 0.2) is 23.1 Å². The van der Waals surface area contributed by atoms with Crippen LogP contribution in [0.4, 0.5) is 5.69 Å². The molecular weight excluding hydrogens is 260 g/mol. The van der Waals surface area contributed by atoms with E-state index in [2.05, 4.69) is 6.92 Å². The number of sulfonamides is 1. The van der Waals surface area contributed by atoms with Crippen molar-refractivity contribution in [1.82, 2.24) is 4.31 Å². The minimum absolute atomic E-state index is 0.0413. The number of nitrogens with zero attached hydrogens (tertiary/aromatic N) is 1. The first-order chi connectivity index (χ1) is 8.84. The zero-order valence-electron chi connectivity index (χ0n) is 11.8. The fraction of sp³-hybridized carbons (Fsp3) is 0.571. The molecule has 2 atom stereocenters. The summed E-state index contributed by atoms with van der Waals surface area (Å²) in [5, 5.41) is 0. The van der Waals surface area contributed by atoms with Crippen LogP contribution >= 0.6 is 0 Å². The van der Waals surface area contributed by atoms with Gasteiger partial charge in [-0.15, -0.1) is 0 Å². The summed E-state index contributed by atoms with van der Waals surface area (Å²) in [5.41, 5.74) is 6.97. The molecule has 0 amide bonds. The first-order valence-corrected chi connectivity index (χ1v) is 8.16. The summed E-state index contributed by atoms with van der Waals surface area (Å²) in [6, 6.07) is 5.10. The SMILES string of the molecule is Cc1ccc(N)cc1S(=O)(=O)N1CCCC(C)C1C. The zero-order valence-corrected chi connectivity index (χ0v) is 12.6. The smallest absolute Gasteiger partial charge is 0.243 e. The molecule has 2 rings (SSSR count). The van der Waals surface area contributed by atoms with Crippen molar-refractivity contribution in [2.45, 2.75) is 44.6 Å². The third kappa shape index (κ3) is 2.62. The minimum atomic E-state index is -3.44. The molecule has 106 valence electrons. The van der Waals surface area contributed by atoms with Gasteiger partial charge in [0.1, 0.15) is 0 Å². The Morgan fingerprint density at radius 2 is 2.00 bits per heavy atom. The zero-order chi connectivity index (χ0) is 14.2. The largest absolute Gasteiger partial charge is 0.399 e. The second-order valence-corrected chi connectivity index (χ2v) is 7.36. The Morgan fingerprint density at radius 3 is 2.68 bits per heavy atom. The molecule has 4 nitrogen and oxygen atoms in total. The first kappa shape index (κ1) is 14.3. The van der Waals surface area contributed by atoms with Crippen LogP contribution in [0.5, 0.6) is 0 Å². The molecule has 19 heavy (non-hydrogen) atoms. The standard InChI is InChI=1S/C14H22N2O2S/c1-10-5-4-8-16(12(10)3)19(17,18)14-9-13(15)7-6-11(14)2/h6-7,9-10,12H,4-5,8,15H2,1-3H3. The van der Waals surface area contributed by atoms with Crippen LogP contribution < -0.4 is 5.73 Å². The summed E-state index contributed by atoms with van der Waals surface area (Å²) in [5.74, 6) is 0.393. The first-order valence-electron chi connectivity index (χ1n) is 6.72. The van der Waals surface area contributed by atoms with Crippen LogP contribution in [0, 0.1) is 12.8 Å². The molecule has 1 aliphatic rings. The fourth-order valence-electron chi connectivity index (χ4n) is 2.66. The third-order valence-corrected chi connectivity index (χ3v) is 6.24. The summed E-state index contributed by atoms with van der Waals surface area (Å²) in [6.45, 7) is 6.51. The van der Waals surface area contributed by atoms with Gasteiger partial charge in [0.2, 0.25) is 10.0 Å². The minimum Gasteiger partial charge on any atom is -0.399 e. The Hall–Kier alpha value is -1.07. The normalized spacial score (nSPS) is 25.4. The number of anilines is 1. The van der Waals surface area contributed by atoms with Gasteiger partial charge in [-0.05, 0) is 50.3 Å². The molecule has 2 unspecified atom stereocenters. The van der Waals surface area contributed by atoms with E-state index in [1.165, 1.54) is 0 Å². The highest BCUT2D eigenvalue weighted by atomic mass is 32.2. The third-order valence-electron chi connectivity index (χ3n) is 4.11. The number of nitrogen functional groups attached to an aromatic ring is 1. The van der Waals surface area contributed by atoms with Crippen molar-refractivity contribution in [2.24, 2.45) is 5.92 Å². The molecule has 0 spiro atoms. The highest BCUT2D eigenvalue weighted by molar-refractivity contribution is 7.89. The van der Waals surface area contributed by atoms with Gasteiger partial charge < -0.3 is 5.73 Å². The summed E-state index contributed by atoms with van der Waals surface area (Å²) in [4.78, 5) is 0.341. The van der Waals surface area contributed by atoms with E-state index in [0.29, 0.717) is 23.0 Å². The van der Waals surface area contributed by atoms with Crippen molar-refractivity contribution in [3.63, 3.8) is 0 Å². The van der Waals surface area contributed by atoms with Gasteiger partial charge in [0.05, 0.1) is 4.90 Å². The Labute approximate surface area is 115 Å². The topological polar surface area (TPSA) is 63.4 Å². The van der Waals surface area contributed by atoms with Gasteiger partial charge in [-0.1, -0.05) is 13.0 Å². The molecule has 1 aromatic carbocycles. The van der Waals surface area contributed by atoms with Gasteiger partial charge in [0, 0.05) is 18.3 Å². The van der Waals surface area contributed by atoms with Gasteiger partial charge in [-0.25, -0.2) is 8.42 Å². The summed E-state index contributed by atoms with van der Waals surface area (Å²) in [7, 11) is -3.44. The number of hydrogen-bond donors (Lipinski definition) is 1. The quantitative estimate of drug-likeness (QED) is 0.847. The monoisotopic (exact) mass is 282 g/mol. The number of nitrogens with two attached hydrogens (primary N) is 1. The van der Waals surface area contributed by atoms with Crippen LogP contribution in [0.3, 0.4) is 0 Å². The van der Waals surface area contributed by atoms with E-state index >= 15 is 0 Å². The molecular formula is C14H22N2O2S. The molecule has 1 heterocycles. The Bertz CT molecular complexity index is 569. The molecule has 0 radical (unpaired) electrons. The predicted molar refractivity (Wildman–Crippen MR) is 77.3 cm³/mol. The van der Waals surface area contributed by atoms with Crippen LogP contribution in [0.2, 0.25) is 0 Å². The van der Waals surface area contributed by atoms with Gasteiger partial charge in [-0.3, -0.25) is 0 Å². The molecule has 0 saturated carbocycles. The highest BCUT2D eigenvalue weighted by Crippen LogP contribution is 2.30. The lowest BCUT2D eigenvalue weighted by Gasteiger charge is -2.37. The van der Waals surface area contributed by atoms with Crippen molar-refractivity contribution in [2.75, 3.05) is 12.3 Å². The van der Waals surface area contributed by atoms with E-state index in [1.807, 2.05) is 13.8 Å². The second-order valence-electron chi connectivity index (χ2n) is 5.50. The maximum Gasteiger partial charge on any atom is 0.243 e. The molecule has 2 N–H and O–H groups in total. The average Bonchev–Trinajstić information content (AvgIpc) is 2.35. The van der Waals surface area contributed by atoms with E-state index in [9.17, 15) is 8.42 Å². The Balaban J connectivity index is 2.44. The lowest BCUT2D eigenvalue weighted by molar-refractivity contribution is 0.202.